The fourth-order valence-electron chi connectivity index (χ4n) is 1.86. The molecule has 1 N–H and O–H groups in total. The average molecular weight is 249 g/mol. The molecule has 3 aromatic rings. The van der Waals surface area contributed by atoms with E-state index in [1.807, 2.05) is 42.5 Å². The molecule has 0 bridgehead atoms. The summed E-state index contributed by atoms with van der Waals surface area (Å²) in [5.74, 6) is 0. The number of rotatable bonds is 2. The summed E-state index contributed by atoms with van der Waals surface area (Å²) in [5.41, 5.74) is 2.60. The Hall–Kier alpha value is -2.75. The Morgan fingerprint density at radius 1 is 1.00 bits per heavy atom. The van der Waals surface area contributed by atoms with Crippen LogP contribution in [0, 0.1) is 0 Å². The highest BCUT2D eigenvalue weighted by molar-refractivity contribution is 5.82. The molecular formula is C15H11N3O. The molecule has 19 heavy (non-hydrogen) atoms. The van der Waals surface area contributed by atoms with Crippen molar-refractivity contribution in [2.75, 3.05) is 0 Å². The maximum atomic E-state index is 11.7. The highest BCUT2D eigenvalue weighted by Gasteiger charge is 1.99. The smallest absolute Gasteiger partial charge is 0.258 e. The van der Waals surface area contributed by atoms with Crippen LogP contribution in [0.15, 0.2) is 53.8 Å². The molecule has 4 heteroatoms. The van der Waals surface area contributed by atoms with Crippen molar-refractivity contribution >= 4 is 23.1 Å². The maximum absolute atomic E-state index is 11.7. The number of fused-ring (bicyclic) bond motifs is 1. The number of H-pyrrole nitrogens is 1. The second-order valence-corrected chi connectivity index (χ2v) is 4.12. The Morgan fingerprint density at radius 3 is 2.63 bits per heavy atom. The normalized spacial score (nSPS) is 11.2. The number of nitrogens with zero attached hydrogens (tertiary/aromatic N) is 2. The quantitative estimate of drug-likeness (QED) is 0.759. The Bertz CT molecular complexity index is 791. The fourth-order valence-corrected chi connectivity index (χ4v) is 1.86. The van der Waals surface area contributed by atoms with Gasteiger partial charge in [0.15, 0.2) is 0 Å². The van der Waals surface area contributed by atoms with E-state index in [0.717, 1.165) is 11.1 Å². The minimum atomic E-state index is -0.121. The van der Waals surface area contributed by atoms with Gasteiger partial charge >= 0.3 is 0 Å². The molecule has 0 aliphatic rings. The maximum Gasteiger partial charge on any atom is 0.258 e. The van der Waals surface area contributed by atoms with Crippen molar-refractivity contribution in [1.82, 2.24) is 15.0 Å². The predicted molar refractivity (Wildman–Crippen MR) is 75.5 cm³/mol. The summed E-state index contributed by atoms with van der Waals surface area (Å²) in [6.45, 7) is 0. The van der Waals surface area contributed by atoms with Crippen LogP contribution in [0.25, 0.3) is 23.1 Å². The zero-order valence-electron chi connectivity index (χ0n) is 10.1. The van der Waals surface area contributed by atoms with Gasteiger partial charge in [-0.3, -0.25) is 9.78 Å². The van der Waals surface area contributed by atoms with Crippen LogP contribution in [0.4, 0.5) is 0 Å². The summed E-state index contributed by atoms with van der Waals surface area (Å²) < 4.78 is 0. The molecule has 0 saturated carbocycles. The monoisotopic (exact) mass is 249 g/mol. The lowest BCUT2D eigenvalue weighted by molar-refractivity contribution is 1.17. The Morgan fingerprint density at radius 2 is 1.79 bits per heavy atom. The highest BCUT2D eigenvalue weighted by Crippen LogP contribution is 2.12. The molecule has 0 spiro atoms. The van der Waals surface area contributed by atoms with E-state index in [2.05, 4.69) is 15.0 Å². The minimum Gasteiger partial charge on any atom is -0.313 e. The van der Waals surface area contributed by atoms with Crippen LogP contribution in [0.1, 0.15) is 11.1 Å². The van der Waals surface area contributed by atoms with Crippen molar-refractivity contribution in [2.24, 2.45) is 0 Å². The van der Waals surface area contributed by atoms with E-state index in [4.69, 9.17) is 0 Å². The molecule has 0 atom stereocenters. The number of hydrogen-bond acceptors (Lipinski definition) is 3. The number of hydrogen-bond donors (Lipinski definition) is 1. The molecule has 0 radical (unpaired) electrons. The number of pyridine rings is 1. The molecular weight excluding hydrogens is 238 g/mol. The van der Waals surface area contributed by atoms with Gasteiger partial charge in [-0.15, -0.1) is 0 Å². The molecule has 4 nitrogen and oxygen atoms in total. The van der Waals surface area contributed by atoms with Crippen LogP contribution in [0.3, 0.4) is 0 Å². The van der Waals surface area contributed by atoms with Gasteiger partial charge in [0.25, 0.3) is 5.56 Å². The molecule has 2 heterocycles. The van der Waals surface area contributed by atoms with Crippen LogP contribution in [0.2, 0.25) is 0 Å². The van der Waals surface area contributed by atoms with Gasteiger partial charge in [-0.2, -0.15) is 0 Å². The standard InChI is InChI=1S/C15H11N3O/c19-15-13-9-12(3-4-14(13)17-10-18-15)2-1-11-5-7-16-8-6-11/h1-10H,(H,17,18,19)/b2-1+. The Labute approximate surface area is 109 Å². The Kier molecular flexibility index (Phi) is 2.90. The molecule has 3 rings (SSSR count). The van der Waals surface area contributed by atoms with Gasteiger partial charge in [0, 0.05) is 12.4 Å². The largest absolute Gasteiger partial charge is 0.313 e. The summed E-state index contributed by atoms with van der Waals surface area (Å²) in [6.07, 6.45) is 8.84. The van der Waals surface area contributed by atoms with Crippen LogP contribution >= 0.6 is 0 Å². The van der Waals surface area contributed by atoms with Crippen molar-refractivity contribution in [3.63, 3.8) is 0 Å². The number of nitrogens with one attached hydrogen (secondary N) is 1. The van der Waals surface area contributed by atoms with Gasteiger partial charge in [-0.1, -0.05) is 18.2 Å². The molecule has 0 amide bonds. The summed E-state index contributed by atoms with van der Waals surface area (Å²) >= 11 is 0. The Balaban J connectivity index is 2.00. The number of aromatic nitrogens is 3. The van der Waals surface area contributed by atoms with Crippen molar-refractivity contribution in [3.8, 4) is 0 Å². The van der Waals surface area contributed by atoms with E-state index in [1.165, 1.54) is 6.33 Å². The van der Waals surface area contributed by atoms with Crippen LogP contribution < -0.4 is 5.56 Å². The van der Waals surface area contributed by atoms with E-state index < -0.39 is 0 Å². The summed E-state index contributed by atoms with van der Waals surface area (Å²) in [5, 5.41) is 0.597. The highest BCUT2D eigenvalue weighted by atomic mass is 16.1. The first kappa shape index (κ1) is 11.3. The minimum absolute atomic E-state index is 0.121. The van der Waals surface area contributed by atoms with Crippen molar-refractivity contribution in [3.05, 3.63) is 70.5 Å². The van der Waals surface area contributed by atoms with E-state index >= 15 is 0 Å². The van der Waals surface area contributed by atoms with E-state index in [0.29, 0.717) is 10.9 Å². The van der Waals surface area contributed by atoms with Gasteiger partial charge in [-0.05, 0) is 35.4 Å². The van der Waals surface area contributed by atoms with E-state index in [9.17, 15) is 4.79 Å². The molecule has 1 aromatic carbocycles. The summed E-state index contributed by atoms with van der Waals surface area (Å²) in [7, 11) is 0. The second-order valence-electron chi connectivity index (χ2n) is 4.12. The van der Waals surface area contributed by atoms with Gasteiger partial charge < -0.3 is 4.98 Å². The lowest BCUT2D eigenvalue weighted by atomic mass is 10.1. The molecule has 0 fully saturated rings. The zero-order valence-corrected chi connectivity index (χ0v) is 10.1. The molecule has 0 unspecified atom stereocenters. The lowest BCUT2D eigenvalue weighted by Gasteiger charge is -1.98. The number of benzene rings is 1. The molecule has 92 valence electrons. The third-order valence-electron chi connectivity index (χ3n) is 2.84. The van der Waals surface area contributed by atoms with Gasteiger partial charge in [0.05, 0.1) is 17.2 Å². The number of aromatic amines is 1. The predicted octanol–water partition coefficient (Wildman–Crippen LogP) is 2.49. The summed E-state index contributed by atoms with van der Waals surface area (Å²) in [4.78, 5) is 22.3. The third-order valence-corrected chi connectivity index (χ3v) is 2.84. The van der Waals surface area contributed by atoms with Gasteiger partial charge in [0.1, 0.15) is 0 Å². The SMILES string of the molecule is O=c1[nH]cnc2ccc(/C=C/c3ccncc3)cc12. The third kappa shape index (κ3) is 2.42. The topological polar surface area (TPSA) is 58.6 Å². The van der Waals surface area contributed by atoms with Crippen LogP contribution in [-0.4, -0.2) is 15.0 Å². The second kappa shape index (κ2) is 4.86. The van der Waals surface area contributed by atoms with Crippen molar-refractivity contribution in [1.29, 1.82) is 0 Å². The lowest BCUT2D eigenvalue weighted by Crippen LogP contribution is -2.05. The van der Waals surface area contributed by atoms with Gasteiger partial charge in [-0.25, -0.2) is 4.98 Å². The van der Waals surface area contributed by atoms with Crippen LogP contribution in [0.5, 0.6) is 0 Å². The van der Waals surface area contributed by atoms with E-state index in [1.54, 1.807) is 12.4 Å². The molecule has 0 aliphatic carbocycles. The first-order valence-corrected chi connectivity index (χ1v) is 5.88. The van der Waals surface area contributed by atoms with Crippen LogP contribution in [-0.2, 0) is 0 Å². The zero-order chi connectivity index (χ0) is 13.1. The van der Waals surface area contributed by atoms with Gasteiger partial charge in [0.2, 0.25) is 0 Å². The fraction of sp³-hybridized carbons (Fsp3) is 0. The van der Waals surface area contributed by atoms with Crippen molar-refractivity contribution < 1.29 is 0 Å². The summed E-state index contributed by atoms with van der Waals surface area (Å²) in [6, 6.07) is 9.46. The average Bonchev–Trinajstić information content (AvgIpc) is 2.47. The first-order valence-electron chi connectivity index (χ1n) is 5.88. The molecule has 0 aliphatic heterocycles. The molecule has 2 aromatic heterocycles. The van der Waals surface area contributed by atoms with E-state index in [-0.39, 0.29) is 5.56 Å². The molecule has 0 saturated heterocycles. The first-order chi connectivity index (χ1) is 9.33. The van der Waals surface area contributed by atoms with Crippen molar-refractivity contribution in [2.45, 2.75) is 0 Å².